The van der Waals surface area contributed by atoms with Gasteiger partial charge in [-0.25, -0.2) is 14.4 Å². The molecule has 4 rings (SSSR count). The second kappa shape index (κ2) is 9.21. The van der Waals surface area contributed by atoms with Crippen molar-refractivity contribution < 1.29 is 48.4 Å². The van der Waals surface area contributed by atoms with E-state index in [0.29, 0.717) is 16.7 Å². The van der Waals surface area contributed by atoms with Gasteiger partial charge < -0.3 is 24.4 Å². The minimum absolute atomic E-state index is 0.0583. The number of aliphatic carboxylic acids is 1. The van der Waals surface area contributed by atoms with Gasteiger partial charge in [-0.1, -0.05) is 24.3 Å². The van der Waals surface area contributed by atoms with E-state index in [1.165, 1.54) is 18.2 Å². The van der Waals surface area contributed by atoms with Crippen molar-refractivity contribution in [2.24, 2.45) is 11.8 Å². The number of carbonyl (C=O) groups excluding carboxylic acids is 4. The number of carboxylic acids is 1. The minimum atomic E-state index is -1.78. The molecule has 0 saturated carbocycles. The van der Waals surface area contributed by atoms with Gasteiger partial charge in [0.1, 0.15) is 24.6 Å². The Labute approximate surface area is 199 Å². The Balaban J connectivity index is 1.60. The second-order valence-corrected chi connectivity index (χ2v) is 8.63. The number of allylic oxidation sites excluding steroid dienone is 1. The van der Waals surface area contributed by atoms with Crippen LogP contribution in [0.1, 0.15) is 18.9 Å². The van der Waals surface area contributed by atoms with Crippen LogP contribution in [0.25, 0.3) is 0 Å². The number of hydrogen-bond acceptors (Lipinski definition) is 9. The average molecular weight is 482 g/mol. The highest BCUT2D eigenvalue weighted by Gasteiger charge is 2.54. The van der Waals surface area contributed by atoms with Crippen LogP contribution in [0, 0.1) is 11.8 Å². The number of ether oxygens (including phenoxy) is 3. The van der Waals surface area contributed by atoms with E-state index in [-0.39, 0.29) is 35.5 Å². The zero-order valence-electron chi connectivity index (χ0n) is 18.7. The molecule has 3 aliphatic rings. The number of rotatable bonds is 5. The Morgan fingerprint density at radius 2 is 1.86 bits per heavy atom. The van der Waals surface area contributed by atoms with Gasteiger partial charge in [-0.15, -0.1) is 0 Å². The van der Waals surface area contributed by atoms with E-state index < -0.39 is 54.5 Å². The summed E-state index contributed by atoms with van der Waals surface area (Å²) in [5.74, 6) is -6.41. The number of carbonyl (C=O) groups is 5. The quantitative estimate of drug-likeness (QED) is 0.273. The van der Waals surface area contributed by atoms with Gasteiger partial charge in [-0.05, 0) is 36.3 Å². The Kier molecular flexibility index (Phi) is 6.29. The van der Waals surface area contributed by atoms with Crippen LogP contribution in [-0.2, 0) is 44.6 Å². The van der Waals surface area contributed by atoms with Crippen LogP contribution in [0.4, 0.5) is 0 Å². The van der Waals surface area contributed by atoms with E-state index >= 15 is 0 Å². The van der Waals surface area contributed by atoms with Crippen molar-refractivity contribution in [1.29, 1.82) is 0 Å². The molecule has 0 bridgehead atoms. The zero-order chi connectivity index (χ0) is 25.4. The Morgan fingerprint density at radius 1 is 1.17 bits per heavy atom. The number of esters is 3. The summed E-state index contributed by atoms with van der Waals surface area (Å²) in [6, 6.07) is 6.06. The lowest BCUT2D eigenvalue weighted by molar-refractivity contribution is -0.163. The van der Waals surface area contributed by atoms with Gasteiger partial charge in [0.15, 0.2) is 5.78 Å². The molecule has 1 aromatic rings. The molecule has 1 fully saturated rings. The van der Waals surface area contributed by atoms with Crippen LogP contribution in [0.5, 0.6) is 5.75 Å². The number of phenolic OH excluding ortho intramolecular Hbond substituents is 1. The zero-order valence-corrected chi connectivity index (χ0v) is 18.7. The molecular weight excluding hydrogens is 460 g/mol. The molecule has 1 saturated heterocycles. The number of phenols is 1. The number of benzene rings is 1. The summed E-state index contributed by atoms with van der Waals surface area (Å²) in [6.07, 6.45) is -0.482. The molecule has 35 heavy (non-hydrogen) atoms. The fraction of sp³-hybridized carbons (Fsp3) is 0.320. The molecule has 0 radical (unpaired) electrons. The van der Waals surface area contributed by atoms with E-state index in [4.69, 9.17) is 19.3 Å². The first-order valence-corrected chi connectivity index (χ1v) is 10.8. The van der Waals surface area contributed by atoms with Crippen molar-refractivity contribution in [3.8, 4) is 5.75 Å². The SMILES string of the molecule is C=C1C(=O)O[C@@H]2[C@H]3C(COC(=O)C(=O)O)=CC(=O)C3=C(C)C[C@H](OC(=O)Cc3ccc(O)cc3)[C@@H]12. The van der Waals surface area contributed by atoms with Crippen LogP contribution >= 0.6 is 0 Å². The predicted molar refractivity (Wildman–Crippen MR) is 117 cm³/mol. The Bertz CT molecular complexity index is 1200. The van der Waals surface area contributed by atoms with Gasteiger partial charge in [-0.3, -0.25) is 9.59 Å². The van der Waals surface area contributed by atoms with Crippen LogP contribution in [-0.4, -0.2) is 58.7 Å². The summed E-state index contributed by atoms with van der Waals surface area (Å²) in [7, 11) is 0. The van der Waals surface area contributed by atoms with Gasteiger partial charge in [0.2, 0.25) is 0 Å². The maximum Gasteiger partial charge on any atom is 0.417 e. The summed E-state index contributed by atoms with van der Waals surface area (Å²) >= 11 is 0. The lowest BCUT2D eigenvalue weighted by Gasteiger charge is -2.28. The highest BCUT2D eigenvalue weighted by Crippen LogP contribution is 2.48. The summed E-state index contributed by atoms with van der Waals surface area (Å²) in [5, 5.41) is 18.2. The number of hydrogen-bond donors (Lipinski definition) is 2. The summed E-state index contributed by atoms with van der Waals surface area (Å²) < 4.78 is 16.1. The summed E-state index contributed by atoms with van der Waals surface area (Å²) in [6.45, 7) is 5.04. The summed E-state index contributed by atoms with van der Waals surface area (Å²) in [5.41, 5.74) is 1.93. The Hall–Kier alpha value is -4.21. The molecule has 2 N–H and O–H groups in total. The normalized spacial score (nSPS) is 25.3. The number of aromatic hydroxyl groups is 1. The summed E-state index contributed by atoms with van der Waals surface area (Å²) in [4.78, 5) is 60.2. The molecule has 0 aromatic heterocycles. The van der Waals surface area contributed by atoms with Gasteiger partial charge in [-0.2, -0.15) is 0 Å². The van der Waals surface area contributed by atoms with Gasteiger partial charge in [0, 0.05) is 17.6 Å². The molecule has 10 heteroatoms. The molecule has 0 spiro atoms. The molecule has 4 atom stereocenters. The molecule has 1 aromatic carbocycles. The van der Waals surface area contributed by atoms with E-state index in [2.05, 4.69) is 6.58 Å². The minimum Gasteiger partial charge on any atom is -0.508 e. The van der Waals surface area contributed by atoms with Crippen LogP contribution in [0.15, 0.2) is 59.2 Å². The molecule has 1 aliphatic heterocycles. The largest absolute Gasteiger partial charge is 0.508 e. The standard InChI is InChI=1S/C25H22O10/c1-11-7-17(34-18(28)8-13-3-5-15(26)6-4-13)20-12(2)24(31)35-22(20)21-14(9-16(27)19(11)21)10-33-25(32)23(29)30/h3-6,9,17,20-22,26H,2,7-8,10H2,1H3,(H,29,30)/t17-,20+,21-,22-/m0/s1. The third kappa shape index (κ3) is 4.59. The first-order valence-electron chi connectivity index (χ1n) is 10.8. The fourth-order valence-corrected chi connectivity index (χ4v) is 4.83. The van der Waals surface area contributed by atoms with Gasteiger partial charge >= 0.3 is 23.9 Å². The first kappa shape index (κ1) is 23.9. The van der Waals surface area contributed by atoms with Gasteiger partial charge in [0.25, 0.3) is 0 Å². The van der Waals surface area contributed by atoms with Crippen LogP contribution < -0.4 is 0 Å². The molecule has 10 nitrogen and oxygen atoms in total. The molecule has 1 heterocycles. The molecular formula is C25H22O10. The van der Waals surface area contributed by atoms with Crippen molar-refractivity contribution >= 4 is 29.7 Å². The van der Waals surface area contributed by atoms with Crippen molar-refractivity contribution in [1.82, 2.24) is 0 Å². The predicted octanol–water partition coefficient (Wildman–Crippen LogP) is 1.42. The highest BCUT2D eigenvalue weighted by atomic mass is 16.6. The van der Waals surface area contributed by atoms with Crippen LogP contribution in [0.3, 0.4) is 0 Å². The molecule has 182 valence electrons. The molecule has 0 unspecified atom stereocenters. The number of carboxylic acid groups (broad SMARTS) is 1. The number of fused-ring (bicyclic) bond motifs is 3. The lowest BCUT2D eigenvalue weighted by Crippen LogP contribution is -2.37. The fourth-order valence-electron chi connectivity index (χ4n) is 4.83. The highest BCUT2D eigenvalue weighted by molar-refractivity contribution is 6.28. The maximum atomic E-state index is 12.8. The third-order valence-corrected chi connectivity index (χ3v) is 6.36. The van der Waals surface area contributed by atoms with E-state index in [1.807, 2.05) is 0 Å². The topological polar surface area (TPSA) is 154 Å². The maximum absolute atomic E-state index is 12.8. The molecule has 0 amide bonds. The third-order valence-electron chi connectivity index (χ3n) is 6.36. The van der Waals surface area contributed by atoms with E-state index in [1.54, 1.807) is 19.1 Å². The lowest BCUT2D eigenvalue weighted by atomic mass is 9.82. The smallest absolute Gasteiger partial charge is 0.417 e. The van der Waals surface area contributed by atoms with Crippen molar-refractivity contribution in [2.75, 3.05) is 6.61 Å². The first-order chi connectivity index (χ1) is 16.6. The van der Waals surface area contributed by atoms with Crippen LogP contribution in [0.2, 0.25) is 0 Å². The van der Waals surface area contributed by atoms with Gasteiger partial charge in [0.05, 0.1) is 18.3 Å². The molecule has 2 aliphatic carbocycles. The van der Waals surface area contributed by atoms with E-state index in [9.17, 15) is 29.1 Å². The average Bonchev–Trinajstić information content (AvgIpc) is 3.24. The van der Waals surface area contributed by atoms with E-state index in [0.717, 1.165) is 0 Å². The Morgan fingerprint density at radius 3 is 2.51 bits per heavy atom. The monoisotopic (exact) mass is 482 g/mol. The van der Waals surface area contributed by atoms with Crippen molar-refractivity contribution in [3.05, 3.63) is 64.8 Å². The van der Waals surface area contributed by atoms with Crippen molar-refractivity contribution in [3.63, 3.8) is 0 Å². The second-order valence-electron chi connectivity index (χ2n) is 8.63. The number of ketones is 1. The van der Waals surface area contributed by atoms with Crippen molar-refractivity contribution in [2.45, 2.75) is 32.0 Å².